The van der Waals surface area contributed by atoms with E-state index in [0.29, 0.717) is 19.6 Å². The molecule has 1 aliphatic carbocycles. The van der Waals surface area contributed by atoms with E-state index in [-0.39, 0.29) is 11.3 Å². The van der Waals surface area contributed by atoms with Crippen LogP contribution in [-0.4, -0.2) is 31.5 Å². The van der Waals surface area contributed by atoms with E-state index in [0.717, 1.165) is 12.3 Å². The number of carbonyl (C=O) groups is 1. The van der Waals surface area contributed by atoms with Gasteiger partial charge in [0.25, 0.3) is 0 Å². The summed E-state index contributed by atoms with van der Waals surface area (Å²) in [5, 5.41) is 2.72. The smallest absolute Gasteiger partial charge is 0.220 e. The summed E-state index contributed by atoms with van der Waals surface area (Å²) in [6, 6.07) is 0. The Morgan fingerprint density at radius 3 is 2.81 bits per heavy atom. The van der Waals surface area contributed by atoms with E-state index >= 15 is 0 Å². The number of nitrogens with one attached hydrogen (secondary N) is 1. The molecule has 0 saturated heterocycles. The van der Waals surface area contributed by atoms with E-state index in [1.165, 1.54) is 25.7 Å². The highest BCUT2D eigenvalue weighted by atomic mass is 35.5. The van der Waals surface area contributed by atoms with Gasteiger partial charge in [0.05, 0.1) is 12.0 Å². The number of halogens is 1. The maximum absolute atomic E-state index is 11.5. The molecule has 0 aromatic carbocycles. The van der Waals surface area contributed by atoms with E-state index in [1.54, 1.807) is 7.11 Å². The van der Waals surface area contributed by atoms with Crippen molar-refractivity contribution in [1.82, 2.24) is 5.32 Å². The molecule has 16 heavy (non-hydrogen) atoms. The summed E-state index contributed by atoms with van der Waals surface area (Å²) < 4.78 is 4.89. The first-order valence-electron chi connectivity index (χ1n) is 6.12. The van der Waals surface area contributed by atoms with Crippen LogP contribution >= 0.6 is 11.6 Å². The van der Waals surface area contributed by atoms with Crippen molar-refractivity contribution < 1.29 is 9.53 Å². The topological polar surface area (TPSA) is 38.3 Å². The van der Waals surface area contributed by atoms with E-state index in [4.69, 9.17) is 16.3 Å². The van der Waals surface area contributed by atoms with Crippen molar-refractivity contribution in [3.05, 3.63) is 0 Å². The van der Waals surface area contributed by atoms with Crippen LogP contribution in [0.25, 0.3) is 0 Å². The van der Waals surface area contributed by atoms with Crippen LogP contribution in [0, 0.1) is 5.92 Å². The van der Waals surface area contributed by atoms with Crippen LogP contribution in [0.2, 0.25) is 0 Å². The van der Waals surface area contributed by atoms with Gasteiger partial charge in [0.2, 0.25) is 5.91 Å². The Morgan fingerprint density at radius 2 is 2.19 bits per heavy atom. The van der Waals surface area contributed by atoms with Crippen molar-refractivity contribution in [2.45, 2.75) is 43.9 Å². The molecule has 0 spiro atoms. The standard InChI is InChI=1S/C12H22ClNO2/c1-16-9-11(13)8-14-12(15)7-6-10-4-2-3-5-10/h10-11H,2-9H2,1H3,(H,14,15). The molecule has 1 aliphatic rings. The highest BCUT2D eigenvalue weighted by molar-refractivity contribution is 6.21. The summed E-state index contributed by atoms with van der Waals surface area (Å²) in [7, 11) is 1.61. The van der Waals surface area contributed by atoms with Crippen molar-refractivity contribution in [1.29, 1.82) is 0 Å². The first-order chi connectivity index (χ1) is 7.72. The molecule has 1 amide bonds. The van der Waals surface area contributed by atoms with Crippen LogP contribution in [0.15, 0.2) is 0 Å². The molecular weight excluding hydrogens is 226 g/mol. The minimum absolute atomic E-state index is 0.119. The monoisotopic (exact) mass is 247 g/mol. The second-order valence-electron chi connectivity index (χ2n) is 4.55. The van der Waals surface area contributed by atoms with Gasteiger partial charge in [-0.25, -0.2) is 0 Å². The molecule has 0 aromatic rings. The zero-order chi connectivity index (χ0) is 11.8. The summed E-state index contributed by atoms with van der Waals surface area (Å²) >= 11 is 5.91. The lowest BCUT2D eigenvalue weighted by Gasteiger charge is -2.11. The summed E-state index contributed by atoms with van der Waals surface area (Å²) in [5.74, 6) is 0.894. The predicted octanol–water partition coefficient (Wildman–Crippen LogP) is 2.33. The lowest BCUT2D eigenvalue weighted by molar-refractivity contribution is -0.121. The van der Waals surface area contributed by atoms with Gasteiger partial charge in [0.1, 0.15) is 0 Å². The predicted molar refractivity (Wildman–Crippen MR) is 65.7 cm³/mol. The molecule has 0 aliphatic heterocycles. The molecule has 0 heterocycles. The molecule has 4 heteroatoms. The van der Waals surface area contributed by atoms with E-state index in [9.17, 15) is 4.79 Å². The van der Waals surface area contributed by atoms with Crippen LogP contribution < -0.4 is 5.32 Å². The third-order valence-corrected chi connectivity index (χ3v) is 3.40. The molecule has 0 aromatic heterocycles. The Bertz CT molecular complexity index is 205. The average Bonchev–Trinajstić information content (AvgIpc) is 2.77. The molecular formula is C12H22ClNO2. The van der Waals surface area contributed by atoms with Crippen molar-refractivity contribution in [2.75, 3.05) is 20.3 Å². The zero-order valence-electron chi connectivity index (χ0n) is 10.0. The van der Waals surface area contributed by atoms with E-state index in [2.05, 4.69) is 5.32 Å². The lowest BCUT2D eigenvalue weighted by atomic mass is 10.0. The molecule has 1 rings (SSSR count). The van der Waals surface area contributed by atoms with Crippen molar-refractivity contribution in [2.24, 2.45) is 5.92 Å². The Hall–Kier alpha value is -0.280. The van der Waals surface area contributed by atoms with Crippen LogP contribution in [0.5, 0.6) is 0 Å². The van der Waals surface area contributed by atoms with Gasteiger partial charge < -0.3 is 10.1 Å². The highest BCUT2D eigenvalue weighted by Gasteiger charge is 2.16. The molecule has 1 atom stereocenters. The Morgan fingerprint density at radius 1 is 1.50 bits per heavy atom. The summed E-state index contributed by atoms with van der Waals surface area (Å²) in [6.45, 7) is 0.976. The fraction of sp³-hybridized carbons (Fsp3) is 0.917. The average molecular weight is 248 g/mol. The molecule has 0 radical (unpaired) electrons. The first-order valence-corrected chi connectivity index (χ1v) is 6.55. The van der Waals surface area contributed by atoms with Gasteiger partial charge in [-0.15, -0.1) is 11.6 Å². The van der Waals surface area contributed by atoms with Gasteiger partial charge in [-0.2, -0.15) is 0 Å². The number of carbonyl (C=O) groups excluding carboxylic acids is 1. The second-order valence-corrected chi connectivity index (χ2v) is 5.16. The van der Waals surface area contributed by atoms with E-state index < -0.39 is 0 Å². The third-order valence-electron chi connectivity index (χ3n) is 3.12. The van der Waals surface area contributed by atoms with Gasteiger partial charge in [-0.3, -0.25) is 4.79 Å². The minimum atomic E-state index is -0.125. The number of hydrogen-bond donors (Lipinski definition) is 1. The first kappa shape index (κ1) is 13.8. The van der Waals surface area contributed by atoms with Gasteiger partial charge in [0, 0.05) is 20.1 Å². The summed E-state index contributed by atoms with van der Waals surface area (Å²) in [5.41, 5.74) is 0. The largest absolute Gasteiger partial charge is 0.383 e. The zero-order valence-corrected chi connectivity index (χ0v) is 10.8. The van der Waals surface area contributed by atoms with Gasteiger partial charge in [-0.1, -0.05) is 25.7 Å². The number of amides is 1. The van der Waals surface area contributed by atoms with Gasteiger partial charge in [-0.05, 0) is 12.3 Å². The molecule has 1 fully saturated rings. The number of alkyl halides is 1. The Labute approximate surface area is 103 Å². The van der Waals surface area contributed by atoms with Crippen LogP contribution in [0.4, 0.5) is 0 Å². The highest BCUT2D eigenvalue weighted by Crippen LogP contribution is 2.28. The Balaban J connectivity index is 2.01. The third kappa shape index (κ3) is 5.71. The fourth-order valence-corrected chi connectivity index (χ4v) is 2.39. The maximum Gasteiger partial charge on any atom is 0.220 e. The number of hydrogen-bond acceptors (Lipinski definition) is 2. The molecule has 1 N–H and O–H groups in total. The molecule has 1 unspecified atom stereocenters. The van der Waals surface area contributed by atoms with Gasteiger partial charge in [0.15, 0.2) is 0 Å². The summed E-state index contributed by atoms with van der Waals surface area (Å²) in [4.78, 5) is 11.5. The minimum Gasteiger partial charge on any atom is -0.383 e. The quantitative estimate of drug-likeness (QED) is 0.702. The van der Waals surface area contributed by atoms with Gasteiger partial charge >= 0.3 is 0 Å². The summed E-state index contributed by atoms with van der Waals surface area (Å²) in [6.07, 6.45) is 6.95. The molecule has 1 saturated carbocycles. The number of ether oxygens (including phenoxy) is 1. The Kier molecular flexibility index (Phi) is 6.81. The molecule has 0 bridgehead atoms. The van der Waals surface area contributed by atoms with Crippen molar-refractivity contribution in [3.63, 3.8) is 0 Å². The van der Waals surface area contributed by atoms with E-state index in [1.807, 2.05) is 0 Å². The van der Waals surface area contributed by atoms with Crippen LogP contribution in [-0.2, 0) is 9.53 Å². The van der Waals surface area contributed by atoms with Crippen molar-refractivity contribution >= 4 is 17.5 Å². The fourth-order valence-electron chi connectivity index (χ4n) is 2.19. The van der Waals surface area contributed by atoms with Crippen LogP contribution in [0.3, 0.4) is 0 Å². The number of rotatable bonds is 7. The lowest BCUT2D eigenvalue weighted by Crippen LogP contribution is -2.31. The normalized spacial score (nSPS) is 18.6. The molecule has 3 nitrogen and oxygen atoms in total. The second kappa shape index (κ2) is 7.91. The maximum atomic E-state index is 11.5. The van der Waals surface area contributed by atoms with Crippen molar-refractivity contribution in [3.8, 4) is 0 Å². The SMILES string of the molecule is COCC(Cl)CNC(=O)CCC1CCCC1. The number of methoxy groups -OCH3 is 1. The van der Waals surface area contributed by atoms with Crippen LogP contribution in [0.1, 0.15) is 38.5 Å². The molecule has 94 valence electrons.